The number of amides is 1. The van der Waals surface area contributed by atoms with E-state index in [-0.39, 0.29) is 17.1 Å². The molecule has 0 aliphatic carbocycles. The number of methoxy groups -OCH3 is 1. The Hall–Kier alpha value is -3.21. The smallest absolute Gasteiger partial charge is 0.271 e. The van der Waals surface area contributed by atoms with Crippen molar-refractivity contribution in [3.63, 3.8) is 0 Å². The molecule has 156 valence electrons. The summed E-state index contributed by atoms with van der Waals surface area (Å²) in [6, 6.07) is 8.41. The quantitative estimate of drug-likeness (QED) is 0.512. The van der Waals surface area contributed by atoms with Crippen molar-refractivity contribution in [2.24, 2.45) is 0 Å². The van der Waals surface area contributed by atoms with Crippen LogP contribution in [-0.2, 0) is 14.8 Å². The van der Waals surface area contributed by atoms with Crippen molar-refractivity contribution in [1.82, 2.24) is 5.32 Å². The lowest BCUT2D eigenvalue weighted by Crippen LogP contribution is -2.41. The first-order valence-electron chi connectivity index (χ1n) is 8.38. The highest BCUT2D eigenvalue weighted by atomic mass is 32.2. The summed E-state index contributed by atoms with van der Waals surface area (Å²) in [5.74, 6) is -1.02. The van der Waals surface area contributed by atoms with Gasteiger partial charge in [0.15, 0.2) is 0 Å². The molecule has 2 aromatic carbocycles. The van der Waals surface area contributed by atoms with E-state index in [2.05, 4.69) is 5.32 Å². The summed E-state index contributed by atoms with van der Waals surface area (Å²) < 4.78 is 43.5. The maximum atomic E-state index is 13.0. The van der Waals surface area contributed by atoms with Gasteiger partial charge in [-0.15, -0.1) is 0 Å². The lowest BCUT2D eigenvalue weighted by atomic mass is 10.1. The average Bonchev–Trinajstić information content (AvgIpc) is 2.65. The Morgan fingerprint density at radius 1 is 1.28 bits per heavy atom. The third kappa shape index (κ3) is 5.64. The van der Waals surface area contributed by atoms with Crippen LogP contribution in [0.4, 0.5) is 15.8 Å². The number of carbonyl (C=O) groups is 1. The van der Waals surface area contributed by atoms with Gasteiger partial charge < -0.3 is 10.1 Å². The van der Waals surface area contributed by atoms with Gasteiger partial charge in [-0.2, -0.15) is 0 Å². The lowest BCUT2D eigenvalue weighted by Gasteiger charge is -2.24. The minimum Gasteiger partial charge on any atom is -0.495 e. The molecule has 2 aromatic rings. The molecule has 0 aromatic heterocycles. The Labute approximate surface area is 167 Å². The van der Waals surface area contributed by atoms with Crippen LogP contribution in [0.5, 0.6) is 5.75 Å². The molecule has 1 amide bonds. The van der Waals surface area contributed by atoms with Gasteiger partial charge in [0.05, 0.1) is 24.3 Å². The predicted octanol–water partition coefficient (Wildman–Crippen LogP) is 2.39. The highest BCUT2D eigenvalue weighted by molar-refractivity contribution is 7.92. The Morgan fingerprint density at radius 3 is 2.41 bits per heavy atom. The van der Waals surface area contributed by atoms with Gasteiger partial charge in [-0.25, -0.2) is 12.8 Å². The second-order valence-electron chi connectivity index (χ2n) is 6.22. The molecule has 0 fully saturated rings. The number of halogens is 1. The summed E-state index contributed by atoms with van der Waals surface area (Å²) in [6.07, 6.45) is 0.877. The van der Waals surface area contributed by atoms with Gasteiger partial charge in [-0.1, -0.05) is 12.1 Å². The number of carbonyl (C=O) groups excluding carboxylic acids is 1. The minimum atomic E-state index is -3.97. The zero-order valence-corrected chi connectivity index (χ0v) is 16.8. The molecular weight excluding hydrogens is 405 g/mol. The predicted molar refractivity (Wildman–Crippen MR) is 105 cm³/mol. The summed E-state index contributed by atoms with van der Waals surface area (Å²) in [4.78, 5) is 22.9. The van der Waals surface area contributed by atoms with Crippen molar-refractivity contribution in [3.8, 4) is 5.75 Å². The zero-order chi connectivity index (χ0) is 21.8. The lowest BCUT2D eigenvalue weighted by molar-refractivity contribution is -0.384. The van der Waals surface area contributed by atoms with Crippen LogP contribution < -0.4 is 14.4 Å². The van der Waals surface area contributed by atoms with Crippen LogP contribution in [-0.4, -0.2) is 39.2 Å². The highest BCUT2D eigenvalue weighted by Gasteiger charge is 2.26. The standard InChI is InChI=1S/C18H20FN3O6S/c1-12(13-4-6-14(19)7-5-13)20-18(23)11-21(29(3,26)27)16-10-15(22(24)25)8-9-17(16)28-2/h4-10,12H,11H2,1-3H3,(H,20,23). The fraction of sp³-hybridized carbons (Fsp3) is 0.278. The van der Waals surface area contributed by atoms with Crippen LogP contribution in [0.15, 0.2) is 42.5 Å². The van der Waals surface area contributed by atoms with E-state index < -0.39 is 39.3 Å². The van der Waals surface area contributed by atoms with Gasteiger partial charge in [0.25, 0.3) is 5.69 Å². The molecule has 29 heavy (non-hydrogen) atoms. The van der Waals surface area contributed by atoms with Crippen LogP contribution in [0.25, 0.3) is 0 Å². The van der Waals surface area contributed by atoms with Gasteiger partial charge in [0, 0.05) is 12.1 Å². The molecule has 0 aliphatic heterocycles. The number of sulfonamides is 1. The van der Waals surface area contributed by atoms with E-state index in [0.29, 0.717) is 5.56 Å². The molecule has 0 saturated carbocycles. The van der Waals surface area contributed by atoms with E-state index >= 15 is 0 Å². The number of nitrogens with zero attached hydrogens (tertiary/aromatic N) is 2. The largest absolute Gasteiger partial charge is 0.495 e. The minimum absolute atomic E-state index is 0.0559. The van der Waals surface area contributed by atoms with E-state index in [0.717, 1.165) is 16.6 Å². The number of ether oxygens (including phenoxy) is 1. The highest BCUT2D eigenvalue weighted by Crippen LogP contribution is 2.33. The number of nitrogens with one attached hydrogen (secondary N) is 1. The Morgan fingerprint density at radius 2 is 1.90 bits per heavy atom. The van der Waals surface area contributed by atoms with Crippen molar-refractivity contribution >= 4 is 27.3 Å². The first kappa shape index (κ1) is 22.1. The fourth-order valence-corrected chi connectivity index (χ4v) is 3.47. The Balaban J connectivity index is 2.30. The number of nitro groups is 1. The molecule has 1 atom stereocenters. The van der Waals surface area contributed by atoms with Gasteiger partial charge in [-0.05, 0) is 30.7 Å². The maximum absolute atomic E-state index is 13.0. The molecule has 9 nitrogen and oxygen atoms in total. The number of rotatable bonds is 8. The van der Waals surface area contributed by atoms with Crippen molar-refractivity contribution in [1.29, 1.82) is 0 Å². The van der Waals surface area contributed by atoms with Gasteiger partial charge in [0.2, 0.25) is 15.9 Å². The van der Waals surface area contributed by atoms with Crippen molar-refractivity contribution in [2.45, 2.75) is 13.0 Å². The summed E-state index contributed by atoms with van der Waals surface area (Å²) in [5.41, 5.74) is 0.141. The van der Waals surface area contributed by atoms with Crippen LogP contribution >= 0.6 is 0 Å². The zero-order valence-electron chi connectivity index (χ0n) is 16.0. The second kappa shape index (κ2) is 8.86. The monoisotopic (exact) mass is 425 g/mol. The second-order valence-corrected chi connectivity index (χ2v) is 8.13. The van der Waals surface area contributed by atoms with Crippen LogP contribution in [0.2, 0.25) is 0 Å². The van der Waals surface area contributed by atoms with E-state index in [9.17, 15) is 27.7 Å². The van der Waals surface area contributed by atoms with Gasteiger partial charge >= 0.3 is 0 Å². The number of non-ortho nitro benzene ring substituents is 1. The SMILES string of the molecule is COc1ccc([N+](=O)[O-])cc1N(CC(=O)NC(C)c1ccc(F)cc1)S(C)(=O)=O. The molecule has 1 unspecified atom stereocenters. The molecular formula is C18H20FN3O6S. The van der Waals surface area contributed by atoms with Crippen LogP contribution in [0.3, 0.4) is 0 Å². The van der Waals surface area contributed by atoms with Gasteiger partial charge in [0.1, 0.15) is 23.8 Å². The normalized spacial score (nSPS) is 12.1. The number of benzene rings is 2. The van der Waals surface area contributed by atoms with Crippen molar-refractivity contribution in [3.05, 3.63) is 64.0 Å². The van der Waals surface area contributed by atoms with Crippen LogP contribution in [0.1, 0.15) is 18.5 Å². The molecule has 2 rings (SSSR count). The molecule has 0 spiro atoms. The molecule has 0 radical (unpaired) electrons. The van der Waals surface area contributed by atoms with E-state index in [1.807, 2.05) is 0 Å². The topological polar surface area (TPSA) is 119 Å². The third-order valence-electron chi connectivity index (χ3n) is 4.08. The van der Waals surface area contributed by atoms with Crippen LogP contribution in [0, 0.1) is 15.9 Å². The summed E-state index contributed by atoms with van der Waals surface area (Å²) in [6.45, 7) is 1.03. The summed E-state index contributed by atoms with van der Waals surface area (Å²) >= 11 is 0. The third-order valence-corrected chi connectivity index (χ3v) is 5.20. The van der Waals surface area contributed by atoms with E-state index in [4.69, 9.17) is 4.74 Å². The maximum Gasteiger partial charge on any atom is 0.271 e. The van der Waals surface area contributed by atoms with Crippen molar-refractivity contribution < 1.29 is 27.3 Å². The fourth-order valence-electron chi connectivity index (χ4n) is 2.62. The number of nitro benzene ring substituents is 1. The van der Waals surface area contributed by atoms with E-state index in [1.54, 1.807) is 6.92 Å². The molecule has 1 N–H and O–H groups in total. The summed E-state index contributed by atoms with van der Waals surface area (Å²) in [5, 5.41) is 13.7. The first-order valence-corrected chi connectivity index (χ1v) is 10.2. The van der Waals surface area contributed by atoms with Gasteiger partial charge in [-0.3, -0.25) is 19.2 Å². The average molecular weight is 425 g/mol. The van der Waals surface area contributed by atoms with Crippen molar-refractivity contribution in [2.75, 3.05) is 24.2 Å². The first-order chi connectivity index (χ1) is 13.5. The summed E-state index contributed by atoms with van der Waals surface area (Å²) in [7, 11) is -2.69. The number of hydrogen-bond donors (Lipinski definition) is 1. The molecule has 0 aliphatic rings. The number of hydrogen-bond acceptors (Lipinski definition) is 6. The molecule has 0 saturated heterocycles. The van der Waals surface area contributed by atoms with E-state index in [1.165, 1.54) is 43.5 Å². The Kier molecular flexibility index (Phi) is 6.75. The molecule has 0 bridgehead atoms. The molecule has 11 heteroatoms. The number of anilines is 1. The Bertz CT molecular complexity index is 1010. The molecule has 0 heterocycles.